The van der Waals surface area contributed by atoms with Gasteiger partial charge in [0.1, 0.15) is 5.75 Å². The molecule has 9 heteroatoms. The molecule has 2 heterocycles. The highest BCUT2D eigenvalue weighted by atomic mass is 32.2. The van der Waals surface area contributed by atoms with E-state index in [-0.39, 0.29) is 17.4 Å². The number of nitrogens with zero attached hydrogens (tertiary/aromatic N) is 3. The monoisotopic (exact) mass is 429 g/mol. The van der Waals surface area contributed by atoms with Crippen LogP contribution in [-0.2, 0) is 19.6 Å². The minimum absolute atomic E-state index is 0.166. The van der Waals surface area contributed by atoms with E-state index in [1.807, 2.05) is 30.3 Å². The Morgan fingerprint density at radius 2 is 1.70 bits per heavy atom. The van der Waals surface area contributed by atoms with Gasteiger partial charge in [-0.25, -0.2) is 13.4 Å². The zero-order chi connectivity index (χ0) is 21.0. The molecule has 1 amide bonds. The van der Waals surface area contributed by atoms with Crippen molar-refractivity contribution in [3.05, 3.63) is 60.2 Å². The molecule has 8 nitrogen and oxygen atoms in total. The van der Waals surface area contributed by atoms with Gasteiger partial charge in [-0.3, -0.25) is 4.79 Å². The van der Waals surface area contributed by atoms with E-state index in [2.05, 4.69) is 5.10 Å². The van der Waals surface area contributed by atoms with Crippen molar-refractivity contribution in [2.75, 3.05) is 39.5 Å². The highest BCUT2D eigenvalue weighted by Gasteiger charge is 2.26. The largest absolute Gasteiger partial charge is 0.484 e. The lowest BCUT2D eigenvalue weighted by atomic mass is 10.1. The molecule has 0 aliphatic carbocycles. The lowest BCUT2D eigenvalue weighted by molar-refractivity contribution is -0.132. The molecule has 0 bridgehead atoms. The maximum absolute atomic E-state index is 12.6. The molecule has 0 radical (unpaired) electrons. The number of rotatable bonds is 6. The first-order valence-corrected chi connectivity index (χ1v) is 11.2. The van der Waals surface area contributed by atoms with Crippen LogP contribution in [0.4, 0.5) is 0 Å². The van der Waals surface area contributed by atoms with E-state index in [0.717, 1.165) is 11.3 Å². The third kappa shape index (κ3) is 4.53. The van der Waals surface area contributed by atoms with E-state index < -0.39 is 10.0 Å². The third-order valence-corrected chi connectivity index (χ3v) is 6.90. The van der Waals surface area contributed by atoms with Gasteiger partial charge >= 0.3 is 0 Å². The van der Waals surface area contributed by atoms with Gasteiger partial charge in [-0.2, -0.15) is 9.41 Å². The summed E-state index contributed by atoms with van der Waals surface area (Å²) in [5, 5.41) is 5.81. The summed E-state index contributed by atoms with van der Waals surface area (Å²) < 4.78 is 37.4. The zero-order valence-electron chi connectivity index (χ0n) is 16.4. The lowest BCUT2D eigenvalue weighted by Crippen LogP contribution is -2.40. The molecule has 2 aliphatic rings. The van der Waals surface area contributed by atoms with Crippen LogP contribution in [0.1, 0.15) is 12.0 Å². The molecule has 0 aromatic heterocycles. The van der Waals surface area contributed by atoms with Gasteiger partial charge in [-0.05, 0) is 29.8 Å². The Kier molecular flexibility index (Phi) is 6.12. The van der Waals surface area contributed by atoms with Crippen LogP contribution in [0.3, 0.4) is 0 Å². The number of hydrazone groups is 1. The van der Waals surface area contributed by atoms with Gasteiger partial charge in [0, 0.05) is 19.5 Å². The van der Waals surface area contributed by atoms with Gasteiger partial charge < -0.3 is 9.47 Å². The summed E-state index contributed by atoms with van der Waals surface area (Å²) in [5.41, 5.74) is 1.88. The van der Waals surface area contributed by atoms with Crippen LogP contribution < -0.4 is 4.74 Å². The molecule has 2 aromatic rings. The Labute approximate surface area is 175 Å². The summed E-state index contributed by atoms with van der Waals surface area (Å²) in [4.78, 5) is 12.6. The number of hydrogen-bond acceptors (Lipinski definition) is 6. The van der Waals surface area contributed by atoms with Crippen molar-refractivity contribution in [2.24, 2.45) is 5.10 Å². The van der Waals surface area contributed by atoms with Crippen molar-refractivity contribution in [1.82, 2.24) is 9.31 Å². The van der Waals surface area contributed by atoms with Crippen molar-refractivity contribution < 1.29 is 22.7 Å². The Morgan fingerprint density at radius 3 is 2.40 bits per heavy atom. The van der Waals surface area contributed by atoms with E-state index in [1.165, 1.54) is 21.4 Å². The van der Waals surface area contributed by atoms with Crippen LogP contribution in [0.5, 0.6) is 5.75 Å². The van der Waals surface area contributed by atoms with Gasteiger partial charge in [0.05, 0.1) is 30.4 Å². The van der Waals surface area contributed by atoms with Gasteiger partial charge in [0.15, 0.2) is 6.61 Å². The Balaban J connectivity index is 1.34. The number of carbonyl (C=O) groups is 1. The minimum atomic E-state index is -3.55. The summed E-state index contributed by atoms with van der Waals surface area (Å²) >= 11 is 0. The number of hydrogen-bond donors (Lipinski definition) is 0. The molecule has 4 rings (SSSR count). The smallest absolute Gasteiger partial charge is 0.280 e. The van der Waals surface area contributed by atoms with Crippen molar-refractivity contribution in [3.63, 3.8) is 0 Å². The average Bonchev–Trinajstić information content (AvgIpc) is 3.29. The first kappa shape index (κ1) is 20.5. The van der Waals surface area contributed by atoms with Crippen LogP contribution in [0, 0.1) is 0 Å². The molecule has 0 atom stereocenters. The predicted molar refractivity (Wildman–Crippen MR) is 111 cm³/mol. The van der Waals surface area contributed by atoms with Gasteiger partial charge in [-0.15, -0.1) is 0 Å². The maximum Gasteiger partial charge on any atom is 0.280 e. The van der Waals surface area contributed by atoms with E-state index >= 15 is 0 Å². The molecule has 0 spiro atoms. The van der Waals surface area contributed by atoms with Crippen LogP contribution in [0.2, 0.25) is 0 Å². The van der Waals surface area contributed by atoms with Gasteiger partial charge in [0.25, 0.3) is 5.91 Å². The number of carbonyl (C=O) groups excluding carboxylic acids is 1. The Hall–Kier alpha value is -2.75. The topological polar surface area (TPSA) is 88.5 Å². The van der Waals surface area contributed by atoms with E-state index in [0.29, 0.717) is 45.0 Å². The molecule has 0 saturated carbocycles. The zero-order valence-corrected chi connectivity index (χ0v) is 17.3. The molecule has 158 valence electrons. The SMILES string of the molecule is O=C(COc1ccc(S(=O)(=O)N2CCOCC2)cc1)N1CCC(c2ccccc2)=N1. The normalized spacial score (nSPS) is 17.6. The van der Waals surface area contributed by atoms with Gasteiger partial charge in [0.2, 0.25) is 10.0 Å². The fourth-order valence-electron chi connectivity index (χ4n) is 3.33. The number of amides is 1. The first-order valence-electron chi connectivity index (χ1n) is 9.78. The highest BCUT2D eigenvalue weighted by Crippen LogP contribution is 2.21. The molecular formula is C21H23N3O5S. The fraction of sp³-hybridized carbons (Fsp3) is 0.333. The molecule has 0 N–H and O–H groups in total. The number of benzene rings is 2. The van der Waals surface area contributed by atoms with Crippen LogP contribution in [-0.4, -0.2) is 68.8 Å². The molecule has 2 aliphatic heterocycles. The van der Waals surface area contributed by atoms with Crippen molar-refractivity contribution in [3.8, 4) is 5.75 Å². The quantitative estimate of drug-likeness (QED) is 0.698. The summed E-state index contributed by atoms with van der Waals surface area (Å²) in [5.74, 6) is 0.182. The van der Waals surface area contributed by atoms with E-state index in [9.17, 15) is 13.2 Å². The maximum atomic E-state index is 12.6. The van der Waals surface area contributed by atoms with Crippen molar-refractivity contribution >= 4 is 21.6 Å². The van der Waals surface area contributed by atoms with Crippen LogP contribution in [0.25, 0.3) is 0 Å². The third-order valence-electron chi connectivity index (χ3n) is 4.99. The summed E-state index contributed by atoms with van der Waals surface area (Å²) in [7, 11) is -3.55. The van der Waals surface area contributed by atoms with Crippen LogP contribution >= 0.6 is 0 Å². The fourth-order valence-corrected chi connectivity index (χ4v) is 4.74. The van der Waals surface area contributed by atoms with E-state index in [1.54, 1.807) is 12.1 Å². The highest BCUT2D eigenvalue weighted by molar-refractivity contribution is 7.89. The van der Waals surface area contributed by atoms with Gasteiger partial charge in [-0.1, -0.05) is 30.3 Å². The summed E-state index contributed by atoms with van der Waals surface area (Å²) in [6, 6.07) is 15.9. The molecule has 1 fully saturated rings. The molecule has 0 unspecified atom stereocenters. The number of morpholine rings is 1. The second-order valence-electron chi connectivity index (χ2n) is 6.96. The van der Waals surface area contributed by atoms with Crippen molar-refractivity contribution in [2.45, 2.75) is 11.3 Å². The lowest BCUT2D eigenvalue weighted by Gasteiger charge is -2.26. The Morgan fingerprint density at radius 1 is 1.00 bits per heavy atom. The number of ether oxygens (including phenoxy) is 2. The standard InChI is InChI=1S/C21H23N3O5S/c25-21(24-11-10-20(22-24)17-4-2-1-3-5-17)16-29-18-6-8-19(9-7-18)30(26,27)23-12-14-28-15-13-23/h1-9H,10-16H2. The average molecular weight is 429 g/mol. The minimum Gasteiger partial charge on any atom is -0.484 e. The second kappa shape index (κ2) is 8.95. The molecule has 2 aromatic carbocycles. The molecule has 1 saturated heterocycles. The molecular weight excluding hydrogens is 406 g/mol. The van der Waals surface area contributed by atoms with Crippen molar-refractivity contribution in [1.29, 1.82) is 0 Å². The predicted octanol–water partition coefficient (Wildman–Crippen LogP) is 1.72. The summed E-state index contributed by atoms with van der Waals surface area (Å²) in [6.45, 7) is 1.83. The number of sulfonamides is 1. The Bertz CT molecular complexity index is 1020. The summed E-state index contributed by atoms with van der Waals surface area (Å²) in [6.07, 6.45) is 0.698. The first-order chi connectivity index (χ1) is 14.5. The second-order valence-corrected chi connectivity index (χ2v) is 8.89. The van der Waals surface area contributed by atoms with E-state index in [4.69, 9.17) is 9.47 Å². The molecule has 30 heavy (non-hydrogen) atoms. The van der Waals surface area contributed by atoms with Crippen LogP contribution in [0.15, 0.2) is 64.6 Å².